The average molecular weight is 393 g/mol. The van der Waals surface area contributed by atoms with Gasteiger partial charge in [-0.1, -0.05) is 41.9 Å². The van der Waals surface area contributed by atoms with Gasteiger partial charge in [-0.25, -0.2) is 4.39 Å². The molecule has 1 atom stereocenters. The van der Waals surface area contributed by atoms with Crippen LogP contribution in [0.25, 0.3) is 0 Å². The summed E-state index contributed by atoms with van der Waals surface area (Å²) in [7, 11) is 0. The first kappa shape index (κ1) is 20.4. The first-order valence-corrected chi connectivity index (χ1v) is 8.49. The minimum Gasteiger partial charge on any atom is -0.451 e. The predicted octanol–water partition coefficient (Wildman–Crippen LogP) is 2.71. The van der Waals surface area contributed by atoms with Crippen molar-refractivity contribution in [1.29, 1.82) is 0 Å². The number of halogens is 2. The molecular formula is C19H18ClFN2O4. The molecule has 0 unspecified atom stereocenters. The monoisotopic (exact) mass is 392 g/mol. The number of amides is 2. The highest BCUT2D eigenvalue weighted by Crippen LogP contribution is 2.19. The standard InChI is InChI=1S/C19H18ClFN2O4/c1-12(19(26)23-16-8-7-14(20)10-15(16)21)27-18(25)11-22-17(24)9-13-5-3-2-4-6-13/h2-8,10,12H,9,11H2,1H3,(H,22,24)(H,23,26)/t12-/m0/s1. The molecule has 0 heterocycles. The summed E-state index contributed by atoms with van der Waals surface area (Å²) in [6.45, 7) is 0.964. The van der Waals surface area contributed by atoms with Gasteiger partial charge in [0.2, 0.25) is 5.91 Å². The van der Waals surface area contributed by atoms with Gasteiger partial charge in [0.15, 0.2) is 6.10 Å². The summed E-state index contributed by atoms with van der Waals surface area (Å²) >= 11 is 5.64. The van der Waals surface area contributed by atoms with Crippen LogP contribution in [0.5, 0.6) is 0 Å². The molecule has 2 rings (SSSR count). The zero-order valence-electron chi connectivity index (χ0n) is 14.5. The largest absolute Gasteiger partial charge is 0.451 e. The van der Waals surface area contributed by atoms with Crippen molar-refractivity contribution >= 4 is 35.1 Å². The number of ether oxygens (including phenoxy) is 1. The number of benzene rings is 2. The lowest BCUT2D eigenvalue weighted by molar-refractivity contribution is -0.152. The first-order chi connectivity index (χ1) is 12.8. The summed E-state index contributed by atoms with van der Waals surface area (Å²) < 4.78 is 18.6. The number of hydrogen-bond acceptors (Lipinski definition) is 4. The van der Waals surface area contributed by atoms with Crippen LogP contribution in [0.15, 0.2) is 48.5 Å². The average Bonchev–Trinajstić information content (AvgIpc) is 2.63. The second-order valence-corrected chi connectivity index (χ2v) is 6.12. The van der Waals surface area contributed by atoms with Crippen molar-refractivity contribution in [3.8, 4) is 0 Å². The number of anilines is 1. The highest BCUT2D eigenvalue weighted by atomic mass is 35.5. The zero-order valence-corrected chi connectivity index (χ0v) is 15.3. The van der Waals surface area contributed by atoms with Crippen LogP contribution in [0.2, 0.25) is 5.02 Å². The molecule has 0 spiro atoms. The summed E-state index contributed by atoms with van der Waals surface area (Å²) in [6, 6.07) is 12.8. The smallest absolute Gasteiger partial charge is 0.326 e. The maximum atomic E-state index is 13.7. The van der Waals surface area contributed by atoms with E-state index in [4.69, 9.17) is 16.3 Å². The maximum Gasteiger partial charge on any atom is 0.326 e. The van der Waals surface area contributed by atoms with Crippen molar-refractivity contribution in [2.45, 2.75) is 19.4 Å². The molecule has 0 aliphatic carbocycles. The van der Waals surface area contributed by atoms with Gasteiger partial charge in [-0.15, -0.1) is 0 Å². The number of rotatable bonds is 7. The molecule has 0 radical (unpaired) electrons. The molecule has 27 heavy (non-hydrogen) atoms. The van der Waals surface area contributed by atoms with Gasteiger partial charge in [0.05, 0.1) is 12.1 Å². The minimum absolute atomic E-state index is 0.0801. The number of hydrogen-bond donors (Lipinski definition) is 2. The van der Waals surface area contributed by atoms with Gasteiger partial charge in [-0.3, -0.25) is 14.4 Å². The third-order valence-corrected chi connectivity index (χ3v) is 3.74. The Balaban J connectivity index is 1.77. The summed E-state index contributed by atoms with van der Waals surface area (Å²) in [4.78, 5) is 35.6. The van der Waals surface area contributed by atoms with E-state index < -0.39 is 23.8 Å². The molecule has 2 N–H and O–H groups in total. The fourth-order valence-electron chi connectivity index (χ4n) is 2.13. The van der Waals surface area contributed by atoms with Crippen molar-refractivity contribution in [2.24, 2.45) is 0 Å². The molecular weight excluding hydrogens is 375 g/mol. The van der Waals surface area contributed by atoms with Gasteiger partial charge in [-0.05, 0) is 30.7 Å². The van der Waals surface area contributed by atoms with Crippen LogP contribution in [0.1, 0.15) is 12.5 Å². The van der Waals surface area contributed by atoms with Crippen LogP contribution < -0.4 is 10.6 Å². The van der Waals surface area contributed by atoms with Gasteiger partial charge in [0, 0.05) is 5.02 Å². The summed E-state index contributed by atoms with van der Waals surface area (Å²) in [5.41, 5.74) is 0.726. The van der Waals surface area contributed by atoms with E-state index in [1.54, 1.807) is 24.3 Å². The fraction of sp³-hybridized carbons (Fsp3) is 0.211. The molecule has 0 saturated heterocycles. The molecule has 0 fully saturated rings. The quantitative estimate of drug-likeness (QED) is 0.709. The molecule has 0 aromatic heterocycles. The number of carbonyl (C=O) groups is 3. The normalized spacial score (nSPS) is 11.4. The third-order valence-electron chi connectivity index (χ3n) is 3.50. The van der Waals surface area contributed by atoms with Crippen molar-refractivity contribution in [1.82, 2.24) is 5.32 Å². The van der Waals surface area contributed by atoms with Gasteiger partial charge in [0.1, 0.15) is 12.4 Å². The Bertz CT molecular complexity index is 830. The van der Waals surface area contributed by atoms with Crippen molar-refractivity contribution in [2.75, 3.05) is 11.9 Å². The predicted molar refractivity (Wildman–Crippen MR) is 98.7 cm³/mol. The van der Waals surface area contributed by atoms with E-state index in [0.29, 0.717) is 0 Å². The third kappa shape index (κ3) is 6.71. The topological polar surface area (TPSA) is 84.5 Å². The Kier molecular flexibility index (Phi) is 7.31. The van der Waals surface area contributed by atoms with Gasteiger partial charge < -0.3 is 15.4 Å². The Hall–Kier alpha value is -2.93. The van der Waals surface area contributed by atoms with Gasteiger partial charge >= 0.3 is 5.97 Å². The Morgan fingerprint density at radius 3 is 2.52 bits per heavy atom. The molecule has 0 bridgehead atoms. The summed E-state index contributed by atoms with van der Waals surface area (Å²) in [5.74, 6) is -2.54. The summed E-state index contributed by atoms with van der Waals surface area (Å²) in [5, 5.41) is 4.91. The first-order valence-electron chi connectivity index (χ1n) is 8.11. The van der Waals surface area contributed by atoms with Gasteiger partial charge in [-0.2, -0.15) is 0 Å². The molecule has 2 aromatic carbocycles. The molecule has 142 valence electrons. The highest BCUT2D eigenvalue weighted by molar-refractivity contribution is 6.30. The van der Waals surface area contributed by atoms with E-state index >= 15 is 0 Å². The van der Waals surface area contributed by atoms with E-state index in [1.165, 1.54) is 19.1 Å². The molecule has 0 saturated carbocycles. The van der Waals surface area contributed by atoms with Crippen molar-refractivity contribution in [3.05, 3.63) is 64.9 Å². The number of nitrogens with one attached hydrogen (secondary N) is 2. The molecule has 6 nitrogen and oxygen atoms in total. The van der Waals surface area contributed by atoms with Crippen LogP contribution in [-0.2, 0) is 25.5 Å². The molecule has 2 amide bonds. The second-order valence-electron chi connectivity index (χ2n) is 5.68. The molecule has 0 aliphatic heterocycles. The SMILES string of the molecule is C[C@H](OC(=O)CNC(=O)Cc1ccccc1)C(=O)Nc1ccc(Cl)cc1F. The van der Waals surface area contributed by atoms with Crippen LogP contribution in [0, 0.1) is 5.82 Å². The zero-order chi connectivity index (χ0) is 19.8. The summed E-state index contributed by atoms with van der Waals surface area (Å²) in [6.07, 6.45) is -1.04. The highest BCUT2D eigenvalue weighted by Gasteiger charge is 2.19. The lowest BCUT2D eigenvalue weighted by Crippen LogP contribution is -2.36. The van der Waals surface area contributed by atoms with E-state index in [9.17, 15) is 18.8 Å². The van der Waals surface area contributed by atoms with Crippen LogP contribution in [0.4, 0.5) is 10.1 Å². The Morgan fingerprint density at radius 1 is 1.15 bits per heavy atom. The number of carbonyl (C=O) groups excluding carboxylic acids is 3. The molecule has 0 aliphatic rings. The Labute approximate surface area is 160 Å². The molecule has 2 aromatic rings. The second kappa shape index (κ2) is 9.68. The van der Waals surface area contributed by atoms with Crippen LogP contribution >= 0.6 is 11.6 Å². The lowest BCUT2D eigenvalue weighted by Gasteiger charge is -2.14. The van der Waals surface area contributed by atoms with E-state index in [-0.39, 0.29) is 29.6 Å². The van der Waals surface area contributed by atoms with Gasteiger partial charge in [0.25, 0.3) is 5.91 Å². The number of esters is 1. The lowest BCUT2D eigenvalue weighted by atomic mass is 10.1. The Morgan fingerprint density at radius 2 is 1.85 bits per heavy atom. The van der Waals surface area contributed by atoms with Crippen LogP contribution in [0.3, 0.4) is 0 Å². The maximum absolute atomic E-state index is 13.7. The van der Waals surface area contributed by atoms with E-state index in [0.717, 1.165) is 11.6 Å². The minimum atomic E-state index is -1.17. The van der Waals surface area contributed by atoms with Crippen molar-refractivity contribution in [3.63, 3.8) is 0 Å². The van der Waals surface area contributed by atoms with E-state index in [2.05, 4.69) is 10.6 Å². The van der Waals surface area contributed by atoms with E-state index in [1.807, 2.05) is 6.07 Å². The fourth-order valence-corrected chi connectivity index (χ4v) is 2.29. The van der Waals surface area contributed by atoms with Crippen molar-refractivity contribution < 1.29 is 23.5 Å². The van der Waals surface area contributed by atoms with Crippen LogP contribution in [-0.4, -0.2) is 30.4 Å². The molecule has 8 heteroatoms.